The molecule has 2 aliphatic heterocycles. The Balaban J connectivity index is 1.33. The molecule has 0 bridgehead atoms. The lowest BCUT2D eigenvalue weighted by atomic mass is 10.1. The van der Waals surface area contributed by atoms with Gasteiger partial charge in [-0.15, -0.1) is 0 Å². The van der Waals surface area contributed by atoms with Crippen LogP contribution in [0.4, 0.5) is 11.4 Å². The predicted octanol–water partition coefficient (Wildman–Crippen LogP) is 1.79. The summed E-state index contributed by atoms with van der Waals surface area (Å²) in [5.41, 5.74) is 3.88. The average Bonchev–Trinajstić information content (AvgIpc) is 2.87. The number of ether oxygens (including phenoxy) is 1. The maximum Gasteiger partial charge on any atom is 0.243 e. The highest BCUT2D eigenvalue weighted by Crippen LogP contribution is 2.22. The highest BCUT2D eigenvalue weighted by Gasteiger charge is 2.35. The van der Waals surface area contributed by atoms with Gasteiger partial charge in [0.25, 0.3) is 0 Å². The van der Waals surface area contributed by atoms with E-state index < -0.39 is 6.04 Å². The third kappa shape index (κ3) is 6.15. The number of carbonyl (C=O) groups is 3. The van der Waals surface area contributed by atoms with Crippen molar-refractivity contribution in [1.29, 1.82) is 0 Å². The first-order valence-corrected chi connectivity index (χ1v) is 12.4. The Labute approximate surface area is 212 Å². The Bertz CT molecular complexity index is 1110. The fraction of sp³-hybridized carbons (Fsp3) is 0.444. The molecular formula is C27H35N5O4. The number of nitrogens with zero attached hydrogens (tertiary/aromatic N) is 3. The highest BCUT2D eigenvalue weighted by atomic mass is 16.5. The zero-order valence-electron chi connectivity index (χ0n) is 21.3. The lowest BCUT2D eigenvalue weighted by molar-refractivity contribution is -0.145. The van der Waals surface area contributed by atoms with Crippen molar-refractivity contribution in [2.75, 3.05) is 63.1 Å². The highest BCUT2D eigenvalue weighted by molar-refractivity contribution is 5.98. The van der Waals surface area contributed by atoms with Gasteiger partial charge in [0.1, 0.15) is 11.8 Å². The number of methoxy groups -OCH3 is 1. The molecule has 2 aliphatic rings. The van der Waals surface area contributed by atoms with Gasteiger partial charge in [-0.2, -0.15) is 0 Å². The first-order valence-electron chi connectivity index (χ1n) is 12.4. The molecule has 1 atom stereocenters. The van der Waals surface area contributed by atoms with Gasteiger partial charge in [0.05, 0.1) is 20.1 Å². The molecule has 0 spiro atoms. The molecule has 0 saturated carbocycles. The SMILES string of the molecule is COc1cccc(N2CCN(CC(=O)N3CCNC(=O)[C@@H]3CC(=O)Nc3ccc(C)cc3C)CC2)c1. The first kappa shape index (κ1) is 25.5. The van der Waals surface area contributed by atoms with E-state index in [4.69, 9.17) is 4.74 Å². The van der Waals surface area contributed by atoms with Gasteiger partial charge in [0.2, 0.25) is 17.7 Å². The van der Waals surface area contributed by atoms with Crippen molar-refractivity contribution in [1.82, 2.24) is 15.1 Å². The van der Waals surface area contributed by atoms with Crippen LogP contribution in [0.25, 0.3) is 0 Å². The minimum absolute atomic E-state index is 0.0749. The molecule has 2 N–H and O–H groups in total. The van der Waals surface area contributed by atoms with Crippen LogP contribution in [0.2, 0.25) is 0 Å². The lowest BCUT2D eigenvalue weighted by Crippen LogP contribution is -2.60. The topological polar surface area (TPSA) is 94.2 Å². The molecule has 0 aromatic heterocycles. The van der Waals surface area contributed by atoms with Crippen molar-refractivity contribution < 1.29 is 19.1 Å². The van der Waals surface area contributed by atoms with Crippen LogP contribution in [-0.2, 0) is 14.4 Å². The van der Waals surface area contributed by atoms with Crippen molar-refractivity contribution in [2.24, 2.45) is 0 Å². The summed E-state index contributed by atoms with van der Waals surface area (Å²) < 4.78 is 5.33. The number of benzene rings is 2. The number of aryl methyl sites for hydroxylation is 2. The van der Waals surface area contributed by atoms with Crippen LogP contribution in [0.1, 0.15) is 17.5 Å². The fourth-order valence-corrected chi connectivity index (χ4v) is 4.80. The normalized spacial score (nSPS) is 18.5. The van der Waals surface area contributed by atoms with Gasteiger partial charge in [-0.1, -0.05) is 23.8 Å². The Morgan fingerprint density at radius 2 is 1.83 bits per heavy atom. The summed E-state index contributed by atoms with van der Waals surface area (Å²) in [6.45, 7) is 8.01. The second-order valence-corrected chi connectivity index (χ2v) is 9.43. The van der Waals surface area contributed by atoms with E-state index in [1.807, 2.05) is 50.2 Å². The molecule has 36 heavy (non-hydrogen) atoms. The number of piperazine rings is 2. The second-order valence-electron chi connectivity index (χ2n) is 9.43. The molecule has 2 fully saturated rings. The zero-order chi connectivity index (χ0) is 25.7. The fourth-order valence-electron chi connectivity index (χ4n) is 4.80. The largest absolute Gasteiger partial charge is 0.497 e. The number of hydrogen-bond donors (Lipinski definition) is 2. The molecule has 2 aromatic carbocycles. The third-order valence-corrected chi connectivity index (χ3v) is 6.84. The van der Waals surface area contributed by atoms with Gasteiger partial charge in [-0.05, 0) is 37.6 Å². The van der Waals surface area contributed by atoms with Crippen LogP contribution in [0, 0.1) is 13.8 Å². The maximum atomic E-state index is 13.2. The molecular weight excluding hydrogens is 458 g/mol. The molecule has 2 saturated heterocycles. The third-order valence-electron chi connectivity index (χ3n) is 6.84. The number of amides is 3. The van der Waals surface area contributed by atoms with Crippen LogP contribution in [0.3, 0.4) is 0 Å². The predicted molar refractivity (Wildman–Crippen MR) is 139 cm³/mol. The van der Waals surface area contributed by atoms with E-state index >= 15 is 0 Å². The van der Waals surface area contributed by atoms with E-state index in [1.165, 1.54) is 0 Å². The number of anilines is 2. The Kier molecular flexibility index (Phi) is 8.10. The van der Waals surface area contributed by atoms with E-state index in [0.29, 0.717) is 18.8 Å². The smallest absolute Gasteiger partial charge is 0.243 e. The first-order chi connectivity index (χ1) is 17.3. The summed E-state index contributed by atoms with van der Waals surface area (Å²) in [6.07, 6.45) is -0.0749. The Morgan fingerprint density at radius 1 is 1.06 bits per heavy atom. The summed E-state index contributed by atoms with van der Waals surface area (Å²) in [4.78, 5) is 44.6. The number of hydrogen-bond acceptors (Lipinski definition) is 6. The van der Waals surface area contributed by atoms with Crippen molar-refractivity contribution in [3.05, 3.63) is 53.6 Å². The maximum absolute atomic E-state index is 13.2. The Hall–Kier alpha value is -3.59. The molecule has 4 rings (SSSR count). The minimum Gasteiger partial charge on any atom is -0.497 e. The zero-order valence-corrected chi connectivity index (χ0v) is 21.3. The summed E-state index contributed by atoms with van der Waals surface area (Å²) in [5.74, 6) is 0.132. The van der Waals surface area contributed by atoms with Crippen LogP contribution < -0.4 is 20.3 Å². The van der Waals surface area contributed by atoms with Crippen molar-refractivity contribution in [2.45, 2.75) is 26.3 Å². The Morgan fingerprint density at radius 3 is 2.56 bits per heavy atom. The van der Waals surface area contributed by atoms with Gasteiger partial charge in [0, 0.05) is 56.7 Å². The summed E-state index contributed by atoms with van der Waals surface area (Å²) in [6, 6.07) is 12.9. The van der Waals surface area contributed by atoms with Crippen LogP contribution >= 0.6 is 0 Å². The molecule has 0 unspecified atom stereocenters. The number of nitrogens with one attached hydrogen (secondary N) is 2. The molecule has 3 amide bonds. The molecule has 192 valence electrons. The van der Waals surface area contributed by atoms with Crippen molar-refractivity contribution >= 4 is 29.1 Å². The molecule has 9 heteroatoms. The quantitative estimate of drug-likeness (QED) is 0.611. The molecule has 0 radical (unpaired) electrons. The van der Waals surface area contributed by atoms with E-state index in [0.717, 1.165) is 48.7 Å². The molecule has 9 nitrogen and oxygen atoms in total. The summed E-state index contributed by atoms with van der Waals surface area (Å²) in [5, 5.41) is 5.69. The second kappa shape index (κ2) is 11.4. The van der Waals surface area contributed by atoms with Crippen molar-refractivity contribution in [3.8, 4) is 5.75 Å². The molecule has 0 aliphatic carbocycles. The average molecular weight is 494 g/mol. The van der Waals surface area contributed by atoms with E-state index in [9.17, 15) is 14.4 Å². The van der Waals surface area contributed by atoms with E-state index in [1.54, 1.807) is 12.0 Å². The van der Waals surface area contributed by atoms with Crippen molar-refractivity contribution in [3.63, 3.8) is 0 Å². The minimum atomic E-state index is -0.810. The molecule has 2 heterocycles. The van der Waals surface area contributed by atoms with Gasteiger partial charge < -0.3 is 25.2 Å². The number of rotatable bonds is 7. The van der Waals surface area contributed by atoms with Crippen LogP contribution in [0.5, 0.6) is 5.75 Å². The monoisotopic (exact) mass is 493 g/mol. The number of carbonyl (C=O) groups excluding carboxylic acids is 3. The van der Waals surface area contributed by atoms with E-state index in [-0.39, 0.29) is 30.7 Å². The van der Waals surface area contributed by atoms with Gasteiger partial charge in [0.15, 0.2) is 0 Å². The lowest BCUT2D eigenvalue weighted by Gasteiger charge is -2.39. The summed E-state index contributed by atoms with van der Waals surface area (Å²) in [7, 11) is 1.66. The van der Waals surface area contributed by atoms with Crippen LogP contribution in [-0.4, -0.2) is 86.5 Å². The van der Waals surface area contributed by atoms with Crippen LogP contribution in [0.15, 0.2) is 42.5 Å². The van der Waals surface area contributed by atoms with Gasteiger partial charge in [-0.3, -0.25) is 19.3 Å². The molecule has 2 aromatic rings. The van der Waals surface area contributed by atoms with E-state index in [2.05, 4.69) is 26.5 Å². The van der Waals surface area contributed by atoms with Gasteiger partial charge in [-0.25, -0.2) is 0 Å². The summed E-state index contributed by atoms with van der Waals surface area (Å²) >= 11 is 0. The standard InChI is InChI=1S/C27H35N5O4/c1-19-7-8-23(20(2)15-19)29-25(33)17-24-27(35)28-9-10-32(24)26(34)18-30-11-13-31(14-12-30)21-5-4-6-22(16-21)36-3/h4-8,15-16,24H,9-14,17-18H2,1-3H3,(H,28,35)(H,29,33)/t24-/m0/s1. The van der Waals surface area contributed by atoms with Gasteiger partial charge >= 0.3 is 0 Å².